The Labute approximate surface area is 104 Å². The summed E-state index contributed by atoms with van der Waals surface area (Å²) in [5, 5.41) is 3.56. The van der Waals surface area contributed by atoms with E-state index in [-0.39, 0.29) is 0 Å². The van der Waals surface area contributed by atoms with Gasteiger partial charge in [-0.3, -0.25) is 0 Å². The maximum Gasteiger partial charge on any atom is 0.0368 e. The standard InChI is InChI=1S/C15H22N2/c1-2-17(15-9-10-15)14-7-3-12(4-8-14)11-16-13-5-6-13/h3-4,7-8,13,15-16H,2,5-6,9-11H2,1H3. The Morgan fingerprint density at radius 3 is 2.35 bits per heavy atom. The van der Waals surface area contributed by atoms with E-state index >= 15 is 0 Å². The van der Waals surface area contributed by atoms with Crippen LogP contribution in [0.2, 0.25) is 0 Å². The van der Waals surface area contributed by atoms with Crippen LogP contribution in [0.4, 0.5) is 5.69 Å². The van der Waals surface area contributed by atoms with Crippen LogP contribution in [0.15, 0.2) is 24.3 Å². The first kappa shape index (κ1) is 11.1. The van der Waals surface area contributed by atoms with Crippen molar-refractivity contribution in [3.05, 3.63) is 29.8 Å². The molecule has 2 saturated carbocycles. The second-order valence-electron chi connectivity index (χ2n) is 5.34. The summed E-state index contributed by atoms with van der Waals surface area (Å²) in [6, 6.07) is 10.7. The van der Waals surface area contributed by atoms with Gasteiger partial charge < -0.3 is 10.2 Å². The first-order valence-electron chi connectivity index (χ1n) is 6.96. The predicted octanol–water partition coefficient (Wildman–Crippen LogP) is 2.93. The average Bonchev–Trinajstić information content (AvgIpc) is 3.23. The molecular formula is C15H22N2. The van der Waals surface area contributed by atoms with Crippen molar-refractivity contribution in [3.8, 4) is 0 Å². The van der Waals surface area contributed by atoms with Crippen LogP contribution in [-0.4, -0.2) is 18.6 Å². The van der Waals surface area contributed by atoms with Crippen molar-refractivity contribution in [2.24, 2.45) is 0 Å². The number of hydrogen-bond donors (Lipinski definition) is 1. The Bertz CT molecular complexity index is 363. The molecule has 3 rings (SSSR count). The third-order valence-electron chi connectivity index (χ3n) is 3.77. The Hall–Kier alpha value is -1.02. The molecule has 1 aromatic rings. The monoisotopic (exact) mass is 230 g/mol. The normalized spacial score (nSPS) is 19.4. The molecule has 17 heavy (non-hydrogen) atoms. The SMILES string of the molecule is CCN(c1ccc(CNC2CC2)cc1)C1CC1. The van der Waals surface area contributed by atoms with Crippen LogP contribution in [0, 0.1) is 0 Å². The molecule has 0 atom stereocenters. The van der Waals surface area contributed by atoms with E-state index in [2.05, 4.69) is 41.4 Å². The van der Waals surface area contributed by atoms with Crippen LogP contribution >= 0.6 is 0 Å². The van der Waals surface area contributed by atoms with Crippen LogP contribution in [0.25, 0.3) is 0 Å². The molecule has 0 heterocycles. The molecule has 0 bridgehead atoms. The third-order valence-corrected chi connectivity index (χ3v) is 3.77. The zero-order valence-electron chi connectivity index (χ0n) is 10.7. The van der Waals surface area contributed by atoms with E-state index in [1.165, 1.54) is 36.9 Å². The lowest BCUT2D eigenvalue weighted by atomic mass is 10.2. The van der Waals surface area contributed by atoms with Crippen molar-refractivity contribution in [1.82, 2.24) is 5.32 Å². The fourth-order valence-electron chi connectivity index (χ4n) is 2.39. The number of rotatable bonds is 6. The minimum atomic E-state index is 0.799. The topological polar surface area (TPSA) is 15.3 Å². The minimum absolute atomic E-state index is 0.799. The van der Waals surface area contributed by atoms with E-state index < -0.39 is 0 Å². The van der Waals surface area contributed by atoms with Gasteiger partial charge in [-0.15, -0.1) is 0 Å². The molecule has 2 aliphatic carbocycles. The molecule has 2 fully saturated rings. The number of hydrogen-bond acceptors (Lipinski definition) is 2. The predicted molar refractivity (Wildman–Crippen MR) is 72.3 cm³/mol. The zero-order chi connectivity index (χ0) is 11.7. The lowest BCUT2D eigenvalue weighted by Gasteiger charge is -2.22. The largest absolute Gasteiger partial charge is 0.369 e. The van der Waals surface area contributed by atoms with E-state index in [9.17, 15) is 0 Å². The van der Waals surface area contributed by atoms with E-state index in [1.54, 1.807) is 0 Å². The highest BCUT2D eigenvalue weighted by molar-refractivity contribution is 5.49. The highest BCUT2D eigenvalue weighted by Crippen LogP contribution is 2.31. The van der Waals surface area contributed by atoms with Crippen molar-refractivity contribution >= 4 is 5.69 Å². The molecule has 0 aromatic heterocycles. The van der Waals surface area contributed by atoms with E-state index in [0.717, 1.165) is 25.2 Å². The quantitative estimate of drug-likeness (QED) is 0.808. The van der Waals surface area contributed by atoms with Crippen molar-refractivity contribution in [3.63, 3.8) is 0 Å². The number of nitrogens with zero attached hydrogens (tertiary/aromatic N) is 1. The average molecular weight is 230 g/mol. The summed E-state index contributed by atoms with van der Waals surface area (Å²) in [6.45, 7) is 4.41. The summed E-state index contributed by atoms with van der Waals surface area (Å²) in [7, 11) is 0. The molecule has 0 unspecified atom stereocenters. The first-order chi connectivity index (χ1) is 8.36. The Morgan fingerprint density at radius 2 is 1.82 bits per heavy atom. The molecule has 2 nitrogen and oxygen atoms in total. The second-order valence-corrected chi connectivity index (χ2v) is 5.34. The van der Waals surface area contributed by atoms with Gasteiger partial charge in [0.1, 0.15) is 0 Å². The molecule has 0 amide bonds. The van der Waals surface area contributed by atoms with E-state index in [1.807, 2.05) is 0 Å². The lowest BCUT2D eigenvalue weighted by molar-refractivity contribution is 0.687. The van der Waals surface area contributed by atoms with Gasteiger partial charge in [0.05, 0.1) is 0 Å². The van der Waals surface area contributed by atoms with Gasteiger partial charge in [-0.1, -0.05) is 12.1 Å². The van der Waals surface area contributed by atoms with Crippen LogP contribution in [0.3, 0.4) is 0 Å². The highest BCUT2D eigenvalue weighted by atomic mass is 15.2. The Balaban J connectivity index is 1.61. The number of benzene rings is 1. The van der Waals surface area contributed by atoms with Crippen LogP contribution in [-0.2, 0) is 6.54 Å². The summed E-state index contributed by atoms with van der Waals surface area (Å²) < 4.78 is 0. The van der Waals surface area contributed by atoms with Crippen molar-refractivity contribution in [2.45, 2.75) is 51.2 Å². The summed E-state index contributed by atoms with van der Waals surface area (Å²) in [6.07, 6.45) is 5.48. The summed E-state index contributed by atoms with van der Waals surface area (Å²) in [5.74, 6) is 0. The minimum Gasteiger partial charge on any atom is -0.369 e. The maximum absolute atomic E-state index is 3.56. The van der Waals surface area contributed by atoms with Gasteiger partial charge in [-0.2, -0.15) is 0 Å². The zero-order valence-corrected chi connectivity index (χ0v) is 10.7. The van der Waals surface area contributed by atoms with Crippen LogP contribution < -0.4 is 10.2 Å². The molecule has 2 heteroatoms. The molecule has 2 aliphatic rings. The van der Waals surface area contributed by atoms with Gasteiger partial charge in [-0.05, 0) is 50.3 Å². The van der Waals surface area contributed by atoms with Gasteiger partial charge in [0, 0.05) is 30.9 Å². The maximum atomic E-state index is 3.56. The van der Waals surface area contributed by atoms with Crippen LogP contribution in [0.1, 0.15) is 38.2 Å². The summed E-state index contributed by atoms with van der Waals surface area (Å²) >= 11 is 0. The van der Waals surface area contributed by atoms with Gasteiger partial charge in [0.15, 0.2) is 0 Å². The van der Waals surface area contributed by atoms with Crippen molar-refractivity contribution in [2.75, 3.05) is 11.4 Å². The van der Waals surface area contributed by atoms with E-state index in [4.69, 9.17) is 0 Å². The first-order valence-corrected chi connectivity index (χ1v) is 6.96. The van der Waals surface area contributed by atoms with Gasteiger partial charge in [0.2, 0.25) is 0 Å². The molecule has 1 N–H and O–H groups in total. The van der Waals surface area contributed by atoms with Crippen LogP contribution in [0.5, 0.6) is 0 Å². The third kappa shape index (κ3) is 2.81. The smallest absolute Gasteiger partial charge is 0.0368 e. The van der Waals surface area contributed by atoms with Crippen molar-refractivity contribution < 1.29 is 0 Å². The Morgan fingerprint density at radius 1 is 1.12 bits per heavy atom. The molecule has 0 saturated heterocycles. The Kier molecular flexibility index (Phi) is 3.06. The lowest BCUT2D eigenvalue weighted by Crippen LogP contribution is -2.24. The highest BCUT2D eigenvalue weighted by Gasteiger charge is 2.27. The van der Waals surface area contributed by atoms with Gasteiger partial charge >= 0.3 is 0 Å². The summed E-state index contributed by atoms with van der Waals surface area (Å²) in [4.78, 5) is 2.53. The number of anilines is 1. The fourth-order valence-corrected chi connectivity index (χ4v) is 2.39. The molecule has 1 aromatic carbocycles. The summed E-state index contributed by atoms with van der Waals surface area (Å²) in [5.41, 5.74) is 2.80. The number of nitrogens with one attached hydrogen (secondary N) is 1. The molecule has 0 aliphatic heterocycles. The van der Waals surface area contributed by atoms with Gasteiger partial charge in [-0.25, -0.2) is 0 Å². The molecule has 0 radical (unpaired) electrons. The van der Waals surface area contributed by atoms with Crippen molar-refractivity contribution in [1.29, 1.82) is 0 Å². The molecular weight excluding hydrogens is 208 g/mol. The molecule has 92 valence electrons. The second kappa shape index (κ2) is 4.69. The van der Waals surface area contributed by atoms with E-state index in [0.29, 0.717) is 0 Å². The fraction of sp³-hybridized carbons (Fsp3) is 0.600. The van der Waals surface area contributed by atoms with Gasteiger partial charge in [0.25, 0.3) is 0 Å². The molecule has 0 spiro atoms.